The first-order chi connectivity index (χ1) is 17.6. The summed E-state index contributed by atoms with van der Waals surface area (Å²) in [6.45, 7) is 1.89. The van der Waals surface area contributed by atoms with E-state index >= 15 is 0 Å². The van der Waals surface area contributed by atoms with Crippen LogP contribution in [0.5, 0.6) is 0 Å². The van der Waals surface area contributed by atoms with E-state index in [1.165, 1.54) is 12.1 Å². The molecule has 0 saturated heterocycles. The van der Waals surface area contributed by atoms with Crippen LogP contribution in [0.3, 0.4) is 0 Å². The second-order valence-electron chi connectivity index (χ2n) is 10.4. The first-order valence-corrected chi connectivity index (χ1v) is 13.3. The summed E-state index contributed by atoms with van der Waals surface area (Å²) in [7, 11) is 0. The van der Waals surface area contributed by atoms with Crippen LogP contribution in [0, 0.1) is 11.2 Å². The van der Waals surface area contributed by atoms with Crippen LogP contribution in [-0.2, 0) is 4.79 Å². The number of nitrogens with zero attached hydrogens (tertiary/aromatic N) is 4. The molecule has 1 aromatic carbocycles. The fraction of sp³-hybridized carbons (Fsp3) is 0.520. The molecule has 5 N–H and O–H groups in total. The molecular formula is C25H30Cl2FN7O2. The van der Waals surface area contributed by atoms with Crippen molar-refractivity contribution in [2.75, 3.05) is 10.6 Å². The number of amides is 1. The maximum absolute atomic E-state index is 14.8. The van der Waals surface area contributed by atoms with E-state index in [-0.39, 0.29) is 39.8 Å². The van der Waals surface area contributed by atoms with Gasteiger partial charge in [-0.1, -0.05) is 30.1 Å². The van der Waals surface area contributed by atoms with Gasteiger partial charge in [-0.3, -0.25) is 9.36 Å². The van der Waals surface area contributed by atoms with Crippen LogP contribution in [0.25, 0.3) is 11.2 Å². The molecule has 12 heteroatoms. The predicted octanol–water partition coefficient (Wildman–Crippen LogP) is 5.34. The third-order valence-electron chi connectivity index (χ3n) is 7.67. The zero-order chi connectivity index (χ0) is 26.3. The Morgan fingerprint density at radius 3 is 2.65 bits per heavy atom. The van der Waals surface area contributed by atoms with Crippen molar-refractivity contribution in [2.45, 2.75) is 76.5 Å². The summed E-state index contributed by atoms with van der Waals surface area (Å²) in [5.74, 6) is -0.109. The van der Waals surface area contributed by atoms with Crippen LogP contribution < -0.4 is 16.4 Å². The zero-order valence-corrected chi connectivity index (χ0v) is 22.0. The number of nitrogens with one attached hydrogen (secondary N) is 2. The van der Waals surface area contributed by atoms with Crippen LogP contribution in [0.2, 0.25) is 10.0 Å². The van der Waals surface area contributed by atoms with Gasteiger partial charge >= 0.3 is 0 Å². The summed E-state index contributed by atoms with van der Waals surface area (Å²) in [5.41, 5.74) is 6.26. The van der Waals surface area contributed by atoms with Gasteiger partial charge in [0.05, 0.1) is 23.0 Å². The third kappa shape index (κ3) is 5.32. The van der Waals surface area contributed by atoms with Crippen molar-refractivity contribution in [2.24, 2.45) is 11.1 Å². The minimum Gasteiger partial charge on any atom is -0.393 e. The SMILES string of the molecule is C[C@]1(C(N)=O)CC[C@H](n2c(Nc3c(F)cc(Cl)cc3Cl)nc3cnc(N[C@H]4CCC[C@@H](O)C4)nc32)CC1. The van der Waals surface area contributed by atoms with Crippen molar-refractivity contribution in [1.82, 2.24) is 19.5 Å². The Morgan fingerprint density at radius 1 is 1.22 bits per heavy atom. The topological polar surface area (TPSA) is 131 Å². The van der Waals surface area contributed by atoms with Crippen molar-refractivity contribution in [3.8, 4) is 0 Å². The highest BCUT2D eigenvalue weighted by atomic mass is 35.5. The number of anilines is 3. The molecule has 198 valence electrons. The van der Waals surface area contributed by atoms with Gasteiger partial charge in [0, 0.05) is 22.5 Å². The standard InChI is InChI=1S/C25H30Cl2FN7O2/c1-25(22(29)37)7-5-15(6-8-25)35-21-19(12-30-23(34-21)31-14-3-2-4-16(36)11-14)32-24(35)33-20-17(27)9-13(26)10-18(20)28/h9-10,12,14-16,36H,2-8,11H2,1H3,(H2,29,37)(H,32,33)(H,30,31,34)/t14-,15-,16+,25-/m0/s1. The van der Waals surface area contributed by atoms with E-state index in [9.17, 15) is 14.3 Å². The molecule has 37 heavy (non-hydrogen) atoms. The fourth-order valence-corrected chi connectivity index (χ4v) is 5.91. The minimum atomic E-state index is -0.606. The molecule has 2 atom stereocenters. The van der Waals surface area contributed by atoms with E-state index in [0.717, 1.165) is 19.3 Å². The van der Waals surface area contributed by atoms with Gasteiger partial charge < -0.3 is 21.5 Å². The van der Waals surface area contributed by atoms with Crippen LogP contribution in [0.1, 0.15) is 64.3 Å². The molecule has 0 radical (unpaired) electrons. The summed E-state index contributed by atoms with van der Waals surface area (Å²) in [4.78, 5) is 25.9. The molecule has 0 unspecified atom stereocenters. The number of halogens is 3. The number of aliphatic hydroxyl groups excluding tert-OH is 1. The van der Waals surface area contributed by atoms with Crippen molar-refractivity contribution < 1.29 is 14.3 Å². The van der Waals surface area contributed by atoms with Gasteiger partial charge in [0.25, 0.3) is 0 Å². The highest BCUT2D eigenvalue weighted by Gasteiger charge is 2.38. The van der Waals surface area contributed by atoms with Gasteiger partial charge in [-0.05, 0) is 63.5 Å². The quantitative estimate of drug-likeness (QED) is 0.326. The predicted molar refractivity (Wildman–Crippen MR) is 142 cm³/mol. The number of fused-ring (bicyclic) bond motifs is 1. The van der Waals surface area contributed by atoms with E-state index in [1.807, 2.05) is 11.5 Å². The number of nitrogens with two attached hydrogens (primary N) is 1. The van der Waals surface area contributed by atoms with Crippen molar-refractivity contribution in [3.63, 3.8) is 0 Å². The van der Waals surface area contributed by atoms with E-state index in [1.54, 1.807) is 6.20 Å². The van der Waals surface area contributed by atoms with E-state index in [0.29, 0.717) is 55.2 Å². The molecule has 2 fully saturated rings. The first-order valence-electron chi connectivity index (χ1n) is 12.5. The average molecular weight is 550 g/mol. The number of imidazole rings is 1. The lowest BCUT2D eigenvalue weighted by Gasteiger charge is -2.35. The number of primary amides is 1. The number of rotatable bonds is 6. The van der Waals surface area contributed by atoms with Crippen molar-refractivity contribution in [3.05, 3.63) is 34.2 Å². The molecule has 2 heterocycles. The number of aromatic nitrogens is 4. The van der Waals surface area contributed by atoms with Gasteiger partial charge in [0.15, 0.2) is 5.65 Å². The second kappa shape index (κ2) is 10.2. The highest BCUT2D eigenvalue weighted by molar-refractivity contribution is 6.36. The van der Waals surface area contributed by atoms with Crippen molar-refractivity contribution >= 4 is 57.9 Å². The normalized spacial score (nSPS) is 26.2. The van der Waals surface area contributed by atoms with E-state index in [4.69, 9.17) is 33.9 Å². The van der Waals surface area contributed by atoms with Crippen LogP contribution >= 0.6 is 23.2 Å². The summed E-state index contributed by atoms with van der Waals surface area (Å²) < 4.78 is 16.7. The molecule has 2 aromatic heterocycles. The number of carbonyl (C=O) groups is 1. The highest BCUT2D eigenvalue weighted by Crippen LogP contribution is 2.43. The third-order valence-corrected chi connectivity index (χ3v) is 8.19. The smallest absolute Gasteiger partial charge is 0.224 e. The minimum absolute atomic E-state index is 0.0582. The molecule has 0 bridgehead atoms. The lowest BCUT2D eigenvalue weighted by atomic mass is 9.73. The van der Waals surface area contributed by atoms with Crippen molar-refractivity contribution in [1.29, 1.82) is 0 Å². The van der Waals surface area contributed by atoms with Gasteiger partial charge in [-0.25, -0.2) is 14.4 Å². The van der Waals surface area contributed by atoms with Crippen LogP contribution in [0.15, 0.2) is 18.3 Å². The van der Waals surface area contributed by atoms with Crippen LogP contribution in [0.4, 0.5) is 22.0 Å². The summed E-state index contributed by atoms with van der Waals surface area (Å²) in [5, 5.41) is 16.7. The summed E-state index contributed by atoms with van der Waals surface area (Å²) in [6, 6.07) is 2.65. The Kier molecular flexibility index (Phi) is 7.17. The molecule has 9 nitrogen and oxygen atoms in total. The Bertz CT molecular complexity index is 1300. The zero-order valence-electron chi connectivity index (χ0n) is 20.5. The fourth-order valence-electron chi connectivity index (χ4n) is 5.39. The Balaban J connectivity index is 1.52. The largest absolute Gasteiger partial charge is 0.393 e. The monoisotopic (exact) mass is 549 g/mol. The average Bonchev–Trinajstić information content (AvgIpc) is 3.19. The van der Waals surface area contributed by atoms with Gasteiger partial charge in [0.1, 0.15) is 11.3 Å². The number of hydrogen-bond acceptors (Lipinski definition) is 7. The Morgan fingerprint density at radius 2 is 1.97 bits per heavy atom. The molecule has 0 aliphatic heterocycles. The molecule has 5 rings (SSSR count). The van der Waals surface area contributed by atoms with Crippen LogP contribution in [-0.4, -0.2) is 42.7 Å². The maximum atomic E-state index is 14.8. The Hall–Kier alpha value is -2.69. The number of hydrogen-bond donors (Lipinski definition) is 4. The van der Waals surface area contributed by atoms with E-state index < -0.39 is 11.2 Å². The Labute approximate surface area is 224 Å². The van der Waals surface area contributed by atoms with Gasteiger partial charge in [0.2, 0.25) is 17.8 Å². The van der Waals surface area contributed by atoms with E-state index in [2.05, 4.69) is 20.6 Å². The lowest BCUT2D eigenvalue weighted by molar-refractivity contribution is -0.128. The molecule has 2 saturated carbocycles. The number of aliphatic hydroxyl groups is 1. The summed E-state index contributed by atoms with van der Waals surface area (Å²) >= 11 is 12.3. The maximum Gasteiger partial charge on any atom is 0.224 e. The van der Waals surface area contributed by atoms with Gasteiger partial charge in [-0.15, -0.1) is 0 Å². The number of carbonyl (C=O) groups excluding carboxylic acids is 1. The molecule has 3 aromatic rings. The van der Waals surface area contributed by atoms with Gasteiger partial charge in [-0.2, -0.15) is 4.98 Å². The molecule has 1 amide bonds. The molecular weight excluding hydrogens is 520 g/mol. The molecule has 0 spiro atoms. The first kappa shape index (κ1) is 25.9. The number of benzene rings is 1. The molecule has 2 aliphatic rings. The second-order valence-corrected chi connectivity index (χ2v) is 11.2. The summed E-state index contributed by atoms with van der Waals surface area (Å²) in [6.07, 6.45) is 7.13. The molecule has 2 aliphatic carbocycles. The lowest BCUT2D eigenvalue weighted by Crippen LogP contribution is -2.38.